The van der Waals surface area contributed by atoms with Gasteiger partial charge in [-0.2, -0.15) is 0 Å². The molecule has 4 rings (SSSR count). The van der Waals surface area contributed by atoms with Crippen molar-refractivity contribution < 1.29 is 33.3 Å². The Balaban J connectivity index is 1.45. The zero-order valence-electron chi connectivity index (χ0n) is 22.2. The number of aromatic nitrogens is 1. The Hall–Kier alpha value is -4.57. The summed E-state index contributed by atoms with van der Waals surface area (Å²) in [7, 11) is 5.98. The molecular weight excluding hydrogens is 520 g/mol. The summed E-state index contributed by atoms with van der Waals surface area (Å²) in [6, 6.07) is 14.2. The smallest absolute Gasteiger partial charge is 0.264 e. The van der Waals surface area contributed by atoms with Crippen LogP contribution in [0.2, 0.25) is 0 Å². The van der Waals surface area contributed by atoms with Crippen LogP contribution >= 0.6 is 11.3 Å². The minimum atomic E-state index is -0.355. The van der Waals surface area contributed by atoms with Crippen molar-refractivity contribution in [2.24, 2.45) is 0 Å². The number of carbonyl (C=O) groups is 2. The Morgan fingerprint density at radius 2 is 1.59 bits per heavy atom. The number of amides is 1. The van der Waals surface area contributed by atoms with Crippen LogP contribution in [0.15, 0.2) is 54.6 Å². The van der Waals surface area contributed by atoms with Gasteiger partial charge in [0.05, 0.1) is 38.7 Å². The number of aryl methyl sites for hydroxylation is 1. The SMILES string of the molecule is COc1ccc(/C=C/C(=O)c2cc(OC)c(OC)c(OC)c2)cc1OCC(=O)Nc1nc2ccc(C)cc2s1. The summed E-state index contributed by atoms with van der Waals surface area (Å²) in [5.41, 5.74) is 2.99. The molecule has 0 aliphatic carbocycles. The van der Waals surface area contributed by atoms with Crippen molar-refractivity contribution >= 4 is 44.5 Å². The first-order valence-corrected chi connectivity index (χ1v) is 12.7. The van der Waals surface area contributed by atoms with Gasteiger partial charge in [-0.15, -0.1) is 0 Å². The van der Waals surface area contributed by atoms with Crippen molar-refractivity contribution in [2.75, 3.05) is 40.4 Å². The van der Waals surface area contributed by atoms with Gasteiger partial charge in [0, 0.05) is 5.56 Å². The second kappa shape index (κ2) is 12.3. The lowest BCUT2D eigenvalue weighted by Crippen LogP contribution is -2.20. The molecule has 0 aliphatic rings. The number of hydrogen-bond donors (Lipinski definition) is 1. The summed E-state index contributed by atoms with van der Waals surface area (Å²) in [6.07, 6.45) is 3.06. The second-order valence-corrected chi connectivity index (χ2v) is 9.38. The Morgan fingerprint density at radius 1 is 0.872 bits per heavy atom. The van der Waals surface area contributed by atoms with Gasteiger partial charge in [-0.3, -0.25) is 14.9 Å². The number of nitrogens with zero attached hydrogens (tertiary/aromatic N) is 1. The molecule has 0 spiro atoms. The van der Waals surface area contributed by atoms with Crippen LogP contribution < -0.4 is 29.0 Å². The van der Waals surface area contributed by atoms with Crippen LogP contribution in [0.5, 0.6) is 28.7 Å². The number of benzene rings is 3. The number of fused-ring (bicyclic) bond motifs is 1. The van der Waals surface area contributed by atoms with Crippen molar-refractivity contribution in [1.29, 1.82) is 0 Å². The third-order valence-corrected chi connectivity index (χ3v) is 6.65. The zero-order chi connectivity index (χ0) is 27.9. The Morgan fingerprint density at radius 3 is 2.26 bits per heavy atom. The Labute approximate surface area is 229 Å². The van der Waals surface area contributed by atoms with E-state index < -0.39 is 0 Å². The van der Waals surface area contributed by atoms with Crippen LogP contribution in [0.4, 0.5) is 5.13 Å². The maximum atomic E-state index is 12.9. The molecule has 0 fully saturated rings. The van der Waals surface area contributed by atoms with E-state index in [0.29, 0.717) is 45.0 Å². The fourth-order valence-electron chi connectivity index (χ4n) is 3.79. The van der Waals surface area contributed by atoms with Gasteiger partial charge >= 0.3 is 0 Å². The highest BCUT2D eigenvalue weighted by molar-refractivity contribution is 7.22. The molecule has 0 saturated carbocycles. The minimum absolute atomic E-state index is 0.247. The third-order valence-electron chi connectivity index (χ3n) is 5.71. The van der Waals surface area contributed by atoms with Gasteiger partial charge in [0.1, 0.15) is 0 Å². The maximum absolute atomic E-state index is 12.9. The van der Waals surface area contributed by atoms with E-state index in [1.165, 1.54) is 45.9 Å². The largest absolute Gasteiger partial charge is 0.493 e. The number of allylic oxidation sites excluding steroid dienone is 1. The molecule has 4 aromatic rings. The van der Waals surface area contributed by atoms with E-state index in [2.05, 4.69) is 10.3 Å². The predicted molar refractivity (Wildman–Crippen MR) is 151 cm³/mol. The van der Waals surface area contributed by atoms with Gasteiger partial charge in [0.15, 0.2) is 40.5 Å². The molecule has 10 heteroatoms. The number of ketones is 1. The number of thiazole rings is 1. The van der Waals surface area contributed by atoms with Crippen molar-refractivity contribution in [3.63, 3.8) is 0 Å². The van der Waals surface area contributed by atoms with Crippen LogP contribution in [0.1, 0.15) is 21.5 Å². The summed E-state index contributed by atoms with van der Waals surface area (Å²) in [5, 5.41) is 3.27. The fourth-order valence-corrected chi connectivity index (χ4v) is 4.77. The van der Waals surface area contributed by atoms with Crippen molar-refractivity contribution in [2.45, 2.75) is 6.92 Å². The van der Waals surface area contributed by atoms with E-state index in [9.17, 15) is 9.59 Å². The van der Waals surface area contributed by atoms with Gasteiger partial charge in [-0.1, -0.05) is 29.5 Å². The normalized spacial score (nSPS) is 10.9. The molecule has 1 aromatic heterocycles. The maximum Gasteiger partial charge on any atom is 0.264 e. The van der Waals surface area contributed by atoms with Gasteiger partial charge in [-0.25, -0.2) is 4.98 Å². The van der Waals surface area contributed by atoms with Gasteiger partial charge < -0.3 is 23.7 Å². The Bertz CT molecular complexity index is 1520. The van der Waals surface area contributed by atoms with Gasteiger partial charge in [0.25, 0.3) is 5.91 Å². The summed E-state index contributed by atoms with van der Waals surface area (Å²) in [5.74, 6) is 1.35. The Kier molecular flexibility index (Phi) is 8.67. The van der Waals surface area contributed by atoms with Crippen LogP contribution in [0.3, 0.4) is 0 Å². The topological polar surface area (TPSA) is 105 Å². The van der Waals surface area contributed by atoms with E-state index in [-0.39, 0.29) is 18.3 Å². The first-order chi connectivity index (χ1) is 18.8. The molecule has 0 unspecified atom stereocenters. The third kappa shape index (κ3) is 6.47. The molecule has 1 heterocycles. The molecule has 3 aromatic carbocycles. The average molecular weight is 549 g/mol. The zero-order valence-corrected chi connectivity index (χ0v) is 23.0. The van der Waals surface area contributed by atoms with Crippen molar-refractivity contribution in [1.82, 2.24) is 4.98 Å². The fraction of sp³-hybridized carbons (Fsp3) is 0.207. The highest BCUT2D eigenvalue weighted by Gasteiger charge is 2.16. The van der Waals surface area contributed by atoms with Crippen LogP contribution in [-0.2, 0) is 4.79 Å². The van der Waals surface area contributed by atoms with Crippen LogP contribution in [0.25, 0.3) is 16.3 Å². The molecule has 0 radical (unpaired) electrons. The molecule has 0 bridgehead atoms. The predicted octanol–water partition coefficient (Wildman–Crippen LogP) is 5.55. The monoisotopic (exact) mass is 548 g/mol. The quantitative estimate of drug-likeness (QED) is 0.192. The molecule has 0 saturated heterocycles. The molecule has 202 valence electrons. The lowest BCUT2D eigenvalue weighted by Gasteiger charge is -2.13. The lowest BCUT2D eigenvalue weighted by atomic mass is 10.1. The van der Waals surface area contributed by atoms with Crippen molar-refractivity contribution in [3.8, 4) is 28.7 Å². The number of hydrogen-bond acceptors (Lipinski definition) is 9. The molecule has 39 heavy (non-hydrogen) atoms. The highest BCUT2D eigenvalue weighted by atomic mass is 32.1. The van der Waals surface area contributed by atoms with Crippen LogP contribution in [0, 0.1) is 6.92 Å². The number of rotatable bonds is 11. The number of anilines is 1. The number of methoxy groups -OCH3 is 4. The molecule has 1 amide bonds. The van der Waals surface area contributed by atoms with Crippen molar-refractivity contribution in [3.05, 3.63) is 71.3 Å². The standard InChI is InChI=1S/C29H28N2O7S/c1-17-6-9-20-26(12-17)39-29(30-20)31-27(33)16-38-23-13-18(8-11-22(23)34-2)7-10-21(32)19-14-24(35-3)28(37-5)25(15-19)36-4/h6-15H,16H2,1-5H3,(H,30,31,33)/b10-7+. The molecule has 1 N–H and O–H groups in total. The van der Waals surface area contributed by atoms with E-state index in [1.807, 2.05) is 25.1 Å². The van der Waals surface area contributed by atoms with Gasteiger partial charge in [-0.05, 0) is 60.5 Å². The van der Waals surface area contributed by atoms with E-state index in [1.54, 1.807) is 36.4 Å². The van der Waals surface area contributed by atoms with E-state index >= 15 is 0 Å². The summed E-state index contributed by atoms with van der Waals surface area (Å²) in [6.45, 7) is 1.76. The number of ether oxygens (including phenoxy) is 5. The van der Waals surface area contributed by atoms with Gasteiger partial charge in [0.2, 0.25) is 5.75 Å². The number of carbonyl (C=O) groups excluding carboxylic acids is 2. The highest BCUT2D eigenvalue weighted by Crippen LogP contribution is 2.38. The summed E-state index contributed by atoms with van der Waals surface area (Å²) in [4.78, 5) is 29.9. The van der Waals surface area contributed by atoms with E-state index in [0.717, 1.165) is 15.8 Å². The second-order valence-electron chi connectivity index (χ2n) is 8.35. The minimum Gasteiger partial charge on any atom is -0.493 e. The molecule has 0 atom stereocenters. The average Bonchev–Trinajstić information content (AvgIpc) is 3.34. The van der Waals surface area contributed by atoms with Crippen LogP contribution in [-0.4, -0.2) is 51.7 Å². The summed E-state index contributed by atoms with van der Waals surface area (Å²) >= 11 is 1.40. The molecule has 9 nitrogen and oxygen atoms in total. The summed E-state index contributed by atoms with van der Waals surface area (Å²) < 4.78 is 28.1. The number of nitrogens with one attached hydrogen (secondary N) is 1. The molecular formula is C29H28N2O7S. The lowest BCUT2D eigenvalue weighted by molar-refractivity contribution is -0.118. The first-order valence-electron chi connectivity index (χ1n) is 11.9. The molecule has 0 aliphatic heterocycles. The first kappa shape index (κ1) is 27.5. The van der Waals surface area contributed by atoms with E-state index in [4.69, 9.17) is 23.7 Å².